The molecule has 1 N–H and O–H groups in total. The lowest BCUT2D eigenvalue weighted by atomic mass is 9.90. The lowest BCUT2D eigenvalue weighted by molar-refractivity contribution is -0.141. The molecule has 0 fully saturated rings. The topological polar surface area (TPSA) is 63.6 Å². The number of carbonyl (C=O) groups excluding carboxylic acids is 1. The number of ether oxygens (including phenoxy) is 1. The number of hydrogen-bond donors (Lipinski definition) is 1. The standard InChI is InChI=1S/C25H48O4/c1-20(12-8-14-22(3)16-18-24(26)27)10-6-7-11-21(2)13-9-15-23(4)17-19-25(28)29-5/h20-23H,6-19H2,1-5H3,(H,26,27). The van der Waals surface area contributed by atoms with Crippen LogP contribution >= 0.6 is 0 Å². The molecule has 0 aliphatic heterocycles. The van der Waals surface area contributed by atoms with Crippen LogP contribution in [-0.4, -0.2) is 24.2 Å². The second kappa shape index (κ2) is 17.8. The van der Waals surface area contributed by atoms with E-state index in [1.807, 2.05) is 0 Å². The van der Waals surface area contributed by atoms with Crippen LogP contribution in [0.3, 0.4) is 0 Å². The van der Waals surface area contributed by atoms with Gasteiger partial charge in [0, 0.05) is 12.8 Å². The number of carbonyl (C=O) groups is 2. The molecule has 4 atom stereocenters. The summed E-state index contributed by atoms with van der Waals surface area (Å²) < 4.78 is 4.71. The maximum atomic E-state index is 11.2. The van der Waals surface area contributed by atoms with Crippen molar-refractivity contribution in [3.05, 3.63) is 0 Å². The maximum absolute atomic E-state index is 11.2. The Kier molecular flexibility index (Phi) is 17.1. The Bertz CT molecular complexity index is 421. The van der Waals surface area contributed by atoms with Crippen molar-refractivity contribution in [3.8, 4) is 0 Å². The quantitative estimate of drug-likeness (QED) is 0.179. The lowest BCUT2D eigenvalue weighted by Crippen LogP contribution is -2.05. The molecular weight excluding hydrogens is 364 g/mol. The Balaban J connectivity index is 3.58. The summed E-state index contributed by atoms with van der Waals surface area (Å²) in [5.41, 5.74) is 0. The summed E-state index contributed by atoms with van der Waals surface area (Å²) in [5, 5.41) is 8.74. The van der Waals surface area contributed by atoms with E-state index in [0.29, 0.717) is 24.7 Å². The van der Waals surface area contributed by atoms with Gasteiger partial charge in [-0.3, -0.25) is 9.59 Å². The number of carboxylic acids is 1. The fraction of sp³-hybridized carbons (Fsp3) is 0.920. The third-order valence-electron chi connectivity index (χ3n) is 6.35. The molecule has 0 bridgehead atoms. The van der Waals surface area contributed by atoms with Crippen molar-refractivity contribution in [2.75, 3.05) is 7.11 Å². The second-order valence-electron chi connectivity index (χ2n) is 9.61. The fourth-order valence-corrected chi connectivity index (χ4v) is 4.03. The van der Waals surface area contributed by atoms with Crippen molar-refractivity contribution in [3.63, 3.8) is 0 Å². The first-order valence-corrected chi connectivity index (χ1v) is 12.0. The van der Waals surface area contributed by atoms with E-state index >= 15 is 0 Å². The average Bonchev–Trinajstić information content (AvgIpc) is 2.67. The molecule has 4 nitrogen and oxygen atoms in total. The van der Waals surface area contributed by atoms with Crippen LogP contribution in [0.5, 0.6) is 0 Å². The third-order valence-corrected chi connectivity index (χ3v) is 6.35. The Morgan fingerprint density at radius 1 is 0.621 bits per heavy atom. The zero-order valence-electron chi connectivity index (χ0n) is 19.9. The van der Waals surface area contributed by atoms with Gasteiger partial charge in [-0.2, -0.15) is 0 Å². The van der Waals surface area contributed by atoms with Crippen molar-refractivity contribution in [1.29, 1.82) is 0 Å². The van der Waals surface area contributed by atoms with Gasteiger partial charge in [0.2, 0.25) is 0 Å². The maximum Gasteiger partial charge on any atom is 0.305 e. The van der Waals surface area contributed by atoms with E-state index in [4.69, 9.17) is 9.84 Å². The molecule has 0 amide bonds. The minimum absolute atomic E-state index is 0.0906. The predicted octanol–water partition coefficient (Wildman–Crippen LogP) is 7.25. The largest absolute Gasteiger partial charge is 0.481 e. The highest BCUT2D eigenvalue weighted by Gasteiger charge is 2.10. The first kappa shape index (κ1) is 27.9. The minimum atomic E-state index is -0.674. The van der Waals surface area contributed by atoms with Gasteiger partial charge in [-0.05, 0) is 36.5 Å². The summed E-state index contributed by atoms with van der Waals surface area (Å²) in [6.07, 6.45) is 15.4. The Morgan fingerprint density at radius 3 is 1.34 bits per heavy atom. The van der Waals surface area contributed by atoms with E-state index in [2.05, 4.69) is 27.7 Å². The first-order valence-electron chi connectivity index (χ1n) is 12.0. The zero-order chi connectivity index (χ0) is 22.1. The van der Waals surface area contributed by atoms with Crippen LogP contribution in [0.25, 0.3) is 0 Å². The molecule has 0 aromatic heterocycles. The van der Waals surface area contributed by atoms with Gasteiger partial charge in [0.05, 0.1) is 7.11 Å². The highest BCUT2D eigenvalue weighted by molar-refractivity contribution is 5.69. The van der Waals surface area contributed by atoms with Crippen molar-refractivity contribution in [2.45, 2.75) is 118 Å². The highest BCUT2D eigenvalue weighted by Crippen LogP contribution is 2.23. The summed E-state index contributed by atoms with van der Waals surface area (Å²) in [7, 11) is 1.46. The molecule has 0 spiro atoms. The first-order chi connectivity index (χ1) is 13.7. The van der Waals surface area contributed by atoms with Crippen LogP contribution in [0.15, 0.2) is 0 Å². The van der Waals surface area contributed by atoms with E-state index in [1.54, 1.807) is 0 Å². The number of hydrogen-bond acceptors (Lipinski definition) is 3. The van der Waals surface area contributed by atoms with Gasteiger partial charge in [-0.25, -0.2) is 0 Å². The van der Waals surface area contributed by atoms with Crippen molar-refractivity contribution in [2.24, 2.45) is 23.7 Å². The number of methoxy groups -OCH3 is 1. The zero-order valence-corrected chi connectivity index (χ0v) is 19.9. The number of aliphatic carboxylic acids is 1. The van der Waals surface area contributed by atoms with Crippen molar-refractivity contribution < 1.29 is 19.4 Å². The average molecular weight is 413 g/mol. The number of carboxylic acid groups (broad SMARTS) is 1. The molecule has 0 aliphatic carbocycles. The number of unbranched alkanes of at least 4 members (excludes halogenated alkanes) is 1. The van der Waals surface area contributed by atoms with Crippen molar-refractivity contribution >= 4 is 11.9 Å². The normalized spacial score (nSPS) is 15.5. The summed E-state index contributed by atoms with van der Waals surface area (Å²) >= 11 is 0. The summed E-state index contributed by atoms with van der Waals surface area (Å²) in [6, 6.07) is 0. The van der Waals surface area contributed by atoms with Gasteiger partial charge in [0.25, 0.3) is 0 Å². The molecule has 4 heteroatoms. The van der Waals surface area contributed by atoms with Crippen LogP contribution in [0.4, 0.5) is 0 Å². The molecule has 4 unspecified atom stereocenters. The van der Waals surface area contributed by atoms with Gasteiger partial charge in [-0.1, -0.05) is 91.9 Å². The molecule has 0 aromatic rings. The van der Waals surface area contributed by atoms with Gasteiger partial charge in [0.15, 0.2) is 0 Å². The summed E-state index contributed by atoms with van der Waals surface area (Å²) in [5.74, 6) is 1.96. The van der Waals surface area contributed by atoms with Crippen LogP contribution in [0, 0.1) is 23.7 Å². The number of rotatable bonds is 19. The summed E-state index contributed by atoms with van der Waals surface area (Å²) in [4.78, 5) is 21.8. The molecule has 0 heterocycles. The molecule has 0 saturated heterocycles. The van der Waals surface area contributed by atoms with Crippen LogP contribution in [0.2, 0.25) is 0 Å². The molecular formula is C25H48O4. The predicted molar refractivity (Wildman–Crippen MR) is 121 cm³/mol. The molecule has 0 aliphatic rings. The van der Waals surface area contributed by atoms with E-state index < -0.39 is 5.97 Å². The third kappa shape index (κ3) is 18.7. The van der Waals surface area contributed by atoms with Crippen LogP contribution in [0.1, 0.15) is 118 Å². The molecule has 0 rings (SSSR count). The smallest absolute Gasteiger partial charge is 0.305 e. The molecule has 0 radical (unpaired) electrons. The van der Waals surface area contributed by atoms with E-state index in [0.717, 1.165) is 31.1 Å². The van der Waals surface area contributed by atoms with E-state index in [9.17, 15) is 9.59 Å². The van der Waals surface area contributed by atoms with E-state index in [-0.39, 0.29) is 5.97 Å². The van der Waals surface area contributed by atoms with Gasteiger partial charge in [-0.15, -0.1) is 0 Å². The Morgan fingerprint density at radius 2 is 0.966 bits per heavy atom. The van der Waals surface area contributed by atoms with Crippen LogP contribution in [-0.2, 0) is 14.3 Å². The van der Waals surface area contributed by atoms with Gasteiger partial charge >= 0.3 is 11.9 Å². The van der Waals surface area contributed by atoms with Gasteiger partial charge in [0.1, 0.15) is 0 Å². The monoisotopic (exact) mass is 412 g/mol. The lowest BCUT2D eigenvalue weighted by Gasteiger charge is -2.16. The number of esters is 1. The summed E-state index contributed by atoms with van der Waals surface area (Å²) in [6.45, 7) is 9.15. The molecule has 0 saturated carbocycles. The Labute approximate surface area is 180 Å². The Hall–Kier alpha value is -1.06. The molecule has 172 valence electrons. The second-order valence-corrected chi connectivity index (χ2v) is 9.61. The van der Waals surface area contributed by atoms with Gasteiger partial charge < -0.3 is 9.84 Å². The van der Waals surface area contributed by atoms with Crippen LogP contribution < -0.4 is 0 Å². The van der Waals surface area contributed by atoms with E-state index in [1.165, 1.54) is 64.9 Å². The minimum Gasteiger partial charge on any atom is -0.481 e. The fourth-order valence-electron chi connectivity index (χ4n) is 4.03. The SMILES string of the molecule is COC(=O)CCC(C)CCCC(C)CCCCC(C)CCCC(C)CCC(=O)O. The molecule has 0 aromatic carbocycles. The molecule has 29 heavy (non-hydrogen) atoms. The van der Waals surface area contributed by atoms with Crippen molar-refractivity contribution in [1.82, 2.24) is 0 Å². The highest BCUT2D eigenvalue weighted by atomic mass is 16.5.